The summed E-state index contributed by atoms with van der Waals surface area (Å²) in [6, 6.07) is 7.01. The molecule has 0 aliphatic rings. The fraction of sp³-hybridized carbons (Fsp3) is 0.190. The van der Waals surface area contributed by atoms with Crippen LogP contribution >= 0.6 is 0 Å². The Morgan fingerprint density at radius 3 is 2.29 bits per heavy atom. The number of aromatic nitrogens is 4. The highest BCUT2D eigenvalue weighted by Crippen LogP contribution is 2.38. The lowest BCUT2D eigenvalue weighted by Gasteiger charge is -2.14. The van der Waals surface area contributed by atoms with E-state index < -0.39 is 55.5 Å². The second-order valence-corrected chi connectivity index (χ2v) is 9.58. The second-order valence-electron chi connectivity index (χ2n) is 7.33. The van der Waals surface area contributed by atoms with Crippen LogP contribution < -0.4 is 5.69 Å². The van der Waals surface area contributed by atoms with Gasteiger partial charge in [0.15, 0.2) is 21.3 Å². The summed E-state index contributed by atoms with van der Waals surface area (Å²) in [5.74, 6) is -1.05. The van der Waals surface area contributed by atoms with E-state index in [-0.39, 0.29) is 16.8 Å². The fourth-order valence-corrected chi connectivity index (χ4v) is 4.43. The van der Waals surface area contributed by atoms with Crippen molar-refractivity contribution in [1.29, 1.82) is 0 Å². The zero-order chi connectivity index (χ0) is 25.8. The molecule has 0 fully saturated rings. The van der Waals surface area contributed by atoms with Crippen LogP contribution in [0.25, 0.3) is 22.6 Å². The van der Waals surface area contributed by atoms with Crippen LogP contribution in [0.1, 0.15) is 18.1 Å². The molecule has 3 aromatic heterocycles. The van der Waals surface area contributed by atoms with Crippen LogP contribution in [-0.4, -0.2) is 33.3 Å². The van der Waals surface area contributed by atoms with Gasteiger partial charge in [0.25, 0.3) is 0 Å². The molecule has 0 unspecified atom stereocenters. The number of sulfone groups is 1. The van der Waals surface area contributed by atoms with E-state index in [0.29, 0.717) is 21.3 Å². The molecule has 0 saturated heterocycles. The van der Waals surface area contributed by atoms with Gasteiger partial charge in [0, 0.05) is 18.0 Å². The summed E-state index contributed by atoms with van der Waals surface area (Å²) in [7, 11) is -4.17. The summed E-state index contributed by atoms with van der Waals surface area (Å²) in [4.78, 5) is 16.1. The van der Waals surface area contributed by atoms with E-state index >= 15 is 0 Å². The lowest BCUT2D eigenvalue weighted by Crippen LogP contribution is -2.23. The van der Waals surface area contributed by atoms with Gasteiger partial charge in [0.1, 0.15) is 4.90 Å². The van der Waals surface area contributed by atoms with E-state index in [9.17, 15) is 39.6 Å². The van der Waals surface area contributed by atoms with Gasteiger partial charge >= 0.3 is 18.0 Å². The third-order valence-electron chi connectivity index (χ3n) is 5.14. The first-order chi connectivity index (χ1) is 16.2. The number of alkyl halides is 6. The molecule has 7 nitrogen and oxygen atoms in total. The number of rotatable bonds is 4. The first kappa shape index (κ1) is 24.4. The van der Waals surface area contributed by atoms with Crippen molar-refractivity contribution in [3.05, 3.63) is 76.5 Å². The second kappa shape index (κ2) is 8.22. The summed E-state index contributed by atoms with van der Waals surface area (Å²) in [5.41, 5.74) is -4.07. The normalized spacial score (nSPS) is 12.9. The molecular formula is C21H14F6N4O3S. The Morgan fingerprint density at radius 1 is 0.971 bits per heavy atom. The van der Waals surface area contributed by atoms with Crippen molar-refractivity contribution >= 4 is 15.5 Å². The molecule has 0 N–H and O–H groups in total. The van der Waals surface area contributed by atoms with Crippen LogP contribution in [0.2, 0.25) is 0 Å². The summed E-state index contributed by atoms with van der Waals surface area (Å²) in [5, 5.41) is 3.87. The number of hydrogen-bond acceptors (Lipinski definition) is 5. The number of benzene rings is 1. The number of fused-ring (bicyclic) bond motifs is 1. The molecule has 0 bridgehead atoms. The molecule has 0 atom stereocenters. The zero-order valence-corrected chi connectivity index (χ0v) is 18.4. The van der Waals surface area contributed by atoms with Gasteiger partial charge in [0.05, 0.1) is 16.9 Å². The standard InChI is InChI=1S/C21H14F6N4O3S/c1-2-35(33,34)16-9-12(14-5-3-4-6-15(14)21(25,26)27)10-28-18(16)31-19(32)30-11-13(20(22,23)24)7-8-17(30)29-31/h3-11H,2H2,1H3. The maximum absolute atomic E-state index is 13.5. The van der Waals surface area contributed by atoms with Crippen LogP contribution in [-0.2, 0) is 22.2 Å². The van der Waals surface area contributed by atoms with Gasteiger partial charge < -0.3 is 0 Å². The van der Waals surface area contributed by atoms with Crippen LogP contribution in [0.3, 0.4) is 0 Å². The lowest BCUT2D eigenvalue weighted by atomic mass is 10.0. The number of pyridine rings is 2. The highest BCUT2D eigenvalue weighted by atomic mass is 32.2. The first-order valence-corrected chi connectivity index (χ1v) is 11.5. The summed E-state index contributed by atoms with van der Waals surface area (Å²) in [6.07, 6.45) is -8.05. The largest absolute Gasteiger partial charge is 0.417 e. The van der Waals surface area contributed by atoms with Gasteiger partial charge in [-0.15, -0.1) is 5.10 Å². The molecule has 4 rings (SSSR count). The molecule has 0 amide bonds. The van der Waals surface area contributed by atoms with Gasteiger partial charge in [-0.25, -0.2) is 22.6 Å². The van der Waals surface area contributed by atoms with E-state index in [4.69, 9.17) is 0 Å². The maximum Gasteiger partial charge on any atom is 0.417 e. The van der Waals surface area contributed by atoms with E-state index in [2.05, 4.69) is 10.1 Å². The van der Waals surface area contributed by atoms with Gasteiger partial charge in [-0.3, -0.25) is 0 Å². The summed E-state index contributed by atoms with van der Waals surface area (Å²) >= 11 is 0. The Labute approximate surface area is 193 Å². The Balaban J connectivity index is 1.98. The van der Waals surface area contributed by atoms with Crippen LogP contribution in [0.5, 0.6) is 0 Å². The third-order valence-corrected chi connectivity index (χ3v) is 6.87. The monoisotopic (exact) mass is 516 g/mol. The van der Waals surface area contributed by atoms with E-state index in [0.717, 1.165) is 30.5 Å². The van der Waals surface area contributed by atoms with E-state index in [1.54, 1.807) is 0 Å². The molecule has 1 aromatic carbocycles. The van der Waals surface area contributed by atoms with Crippen LogP contribution in [0.15, 0.2) is 64.5 Å². The Morgan fingerprint density at radius 2 is 1.66 bits per heavy atom. The van der Waals surface area contributed by atoms with Gasteiger partial charge in [-0.2, -0.15) is 31.0 Å². The van der Waals surface area contributed by atoms with Gasteiger partial charge in [-0.1, -0.05) is 25.1 Å². The molecule has 0 aliphatic heterocycles. The molecule has 0 aliphatic carbocycles. The highest BCUT2D eigenvalue weighted by Gasteiger charge is 2.34. The molecule has 35 heavy (non-hydrogen) atoms. The lowest BCUT2D eigenvalue weighted by molar-refractivity contribution is -0.138. The average molecular weight is 516 g/mol. The van der Waals surface area contributed by atoms with Gasteiger partial charge in [0.2, 0.25) is 0 Å². The molecule has 4 aromatic rings. The summed E-state index contributed by atoms with van der Waals surface area (Å²) in [6.45, 7) is 1.28. The maximum atomic E-state index is 13.5. The number of hydrogen-bond donors (Lipinski definition) is 0. The Hall–Kier alpha value is -3.68. The third kappa shape index (κ3) is 4.40. The van der Waals surface area contributed by atoms with E-state index in [1.165, 1.54) is 19.1 Å². The van der Waals surface area contributed by atoms with Crippen molar-refractivity contribution in [2.45, 2.75) is 24.2 Å². The molecule has 0 saturated carbocycles. The van der Waals surface area contributed by atoms with Gasteiger partial charge in [-0.05, 0) is 29.8 Å². The highest BCUT2D eigenvalue weighted by molar-refractivity contribution is 7.91. The predicted molar refractivity (Wildman–Crippen MR) is 112 cm³/mol. The minimum absolute atomic E-state index is 0.190. The van der Waals surface area contributed by atoms with Crippen molar-refractivity contribution in [2.24, 2.45) is 0 Å². The smallest absolute Gasteiger partial charge is 0.249 e. The van der Waals surface area contributed by atoms with Crippen molar-refractivity contribution in [1.82, 2.24) is 19.2 Å². The quantitative estimate of drug-likeness (QED) is 0.376. The number of nitrogens with zero attached hydrogens (tertiary/aromatic N) is 4. The van der Waals surface area contributed by atoms with E-state index in [1.807, 2.05) is 0 Å². The van der Waals surface area contributed by atoms with Crippen molar-refractivity contribution < 1.29 is 34.8 Å². The molecule has 3 heterocycles. The summed E-state index contributed by atoms with van der Waals surface area (Å²) < 4.78 is 106. The number of halogens is 6. The van der Waals surface area contributed by atoms with Crippen molar-refractivity contribution in [3.63, 3.8) is 0 Å². The van der Waals surface area contributed by atoms with Crippen LogP contribution in [0, 0.1) is 0 Å². The predicted octanol–water partition coefficient (Wildman–Crippen LogP) is 4.38. The Kier molecular flexibility index (Phi) is 5.74. The molecule has 0 spiro atoms. The molecule has 0 radical (unpaired) electrons. The van der Waals surface area contributed by atoms with Crippen molar-refractivity contribution in [3.8, 4) is 16.9 Å². The first-order valence-electron chi connectivity index (χ1n) is 9.82. The minimum atomic E-state index is -4.75. The SMILES string of the molecule is CCS(=O)(=O)c1cc(-c2ccccc2C(F)(F)F)cnc1-n1nc2ccc(C(F)(F)F)cn2c1=O. The topological polar surface area (TPSA) is 86.3 Å². The Bertz CT molecular complexity index is 1600. The molecule has 184 valence electrons. The van der Waals surface area contributed by atoms with Crippen molar-refractivity contribution in [2.75, 3.05) is 5.75 Å². The average Bonchev–Trinajstić information content (AvgIpc) is 3.13. The molecule has 14 heteroatoms. The van der Waals surface area contributed by atoms with Crippen LogP contribution in [0.4, 0.5) is 26.3 Å². The zero-order valence-electron chi connectivity index (χ0n) is 17.6. The molecular weight excluding hydrogens is 502 g/mol. The minimum Gasteiger partial charge on any atom is -0.249 e. The fourth-order valence-electron chi connectivity index (χ4n) is 3.39.